The van der Waals surface area contributed by atoms with Gasteiger partial charge >= 0.3 is 23.9 Å². The molecule has 23 heavy (non-hydrogen) atoms. The molecule has 0 aromatic heterocycles. The Labute approximate surface area is 130 Å². The number of hydrogen-bond donors (Lipinski definition) is 2. The zero-order valence-corrected chi connectivity index (χ0v) is 11.9. The van der Waals surface area contributed by atoms with Gasteiger partial charge in [-0.3, -0.25) is 0 Å². The number of esters is 2. The molecule has 0 aliphatic carbocycles. The summed E-state index contributed by atoms with van der Waals surface area (Å²) in [5, 5.41) is 16.1. The van der Waals surface area contributed by atoms with Crippen molar-refractivity contribution < 1.29 is 43.3 Å². The molecule has 0 rings (SSSR count). The third-order valence-electron chi connectivity index (χ3n) is 1.48. The molecule has 0 saturated heterocycles. The number of rotatable bonds is 8. The van der Waals surface area contributed by atoms with E-state index in [1.54, 1.807) is 0 Å². The summed E-state index contributed by atoms with van der Waals surface area (Å²) >= 11 is 0. The standard InChI is InChI=1S/C7H7FO4.C7H8O4/c1-2-5(8)12-7(11)4-3-6(9)10;1-2-5-11-7(10)4-3-6(8)9/h2-5H,1H2,(H,9,10);2-4H,1,5H2,(H,8,9)/b2*4-3+. The molecule has 0 spiro atoms. The Balaban J connectivity index is 0. The summed E-state index contributed by atoms with van der Waals surface area (Å²) in [4.78, 5) is 40.7. The summed E-state index contributed by atoms with van der Waals surface area (Å²) in [6, 6.07) is 0. The highest BCUT2D eigenvalue weighted by Gasteiger charge is 2.05. The maximum absolute atomic E-state index is 12.2. The van der Waals surface area contributed by atoms with Gasteiger partial charge in [-0.05, 0) is 6.08 Å². The van der Waals surface area contributed by atoms with E-state index >= 15 is 0 Å². The van der Waals surface area contributed by atoms with Gasteiger partial charge in [0, 0.05) is 24.3 Å². The monoisotopic (exact) mass is 330 g/mol. The van der Waals surface area contributed by atoms with Gasteiger partial charge in [0.25, 0.3) is 6.36 Å². The largest absolute Gasteiger partial charge is 0.478 e. The van der Waals surface area contributed by atoms with Crippen LogP contribution >= 0.6 is 0 Å². The van der Waals surface area contributed by atoms with E-state index < -0.39 is 30.2 Å². The van der Waals surface area contributed by atoms with Gasteiger partial charge in [0.2, 0.25) is 0 Å². The van der Waals surface area contributed by atoms with E-state index in [0.717, 1.165) is 12.2 Å². The molecule has 0 fully saturated rings. The molecule has 1 unspecified atom stereocenters. The number of carbonyl (C=O) groups is 4. The van der Waals surface area contributed by atoms with E-state index in [1.165, 1.54) is 6.08 Å². The Hall–Kier alpha value is -3.23. The third-order valence-corrected chi connectivity index (χ3v) is 1.48. The molecule has 0 aromatic rings. The molecule has 1 atom stereocenters. The molecular weight excluding hydrogens is 315 g/mol. The number of aliphatic carboxylic acids is 2. The van der Waals surface area contributed by atoms with Crippen molar-refractivity contribution in [3.8, 4) is 0 Å². The number of carbonyl (C=O) groups excluding carboxylic acids is 2. The highest BCUT2D eigenvalue weighted by atomic mass is 19.1. The number of hydrogen-bond acceptors (Lipinski definition) is 6. The van der Waals surface area contributed by atoms with E-state index in [1.807, 2.05) is 0 Å². The number of halogens is 1. The van der Waals surface area contributed by atoms with Gasteiger partial charge in [-0.25, -0.2) is 19.2 Å². The lowest BCUT2D eigenvalue weighted by Gasteiger charge is -2.00. The molecule has 0 radical (unpaired) electrons. The summed E-state index contributed by atoms with van der Waals surface area (Å²) in [6.07, 6.45) is 2.98. The van der Waals surface area contributed by atoms with Gasteiger partial charge in [-0.15, -0.1) is 0 Å². The van der Waals surface area contributed by atoms with Crippen LogP contribution in [0.2, 0.25) is 0 Å². The lowest BCUT2D eigenvalue weighted by molar-refractivity contribution is -0.147. The highest BCUT2D eigenvalue weighted by molar-refractivity contribution is 5.91. The Bertz CT molecular complexity index is 507. The maximum atomic E-state index is 12.2. The van der Waals surface area contributed by atoms with Crippen molar-refractivity contribution in [2.75, 3.05) is 6.61 Å². The minimum atomic E-state index is -1.91. The summed E-state index contributed by atoms with van der Waals surface area (Å²) < 4.78 is 20.6. The summed E-state index contributed by atoms with van der Waals surface area (Å²) in [7, 11) is 0. The molecule has 0 saturated carbocycles. The number of carboxylic acids is 2. The van der Waals surface area contributed by atoms with Gasteiger partial charge < -0.3 is 19.7 Å². The number of carboxylic acid groups (broad SMARTS) is 2. The van der Waals surface area contributed by atoms with Crippen LogP contribution in [0.1, 0.15) is 0 Å². The van der Waals surface area contributed by atoms with E-state index in [-0.39, 0.29) is 6.61 Å². The Morgan fingerprint density at radius 3 is 1.83 bits per heavy atom. The first-order valence-corrected chi connectivity index (χ1v) is 5.79. The van der Waals surface area contributed by atoms with E-state index in [4.69, 9.17) is 10.2 Å². The molecule has 0 aliphatic rings. The van der Waals surface area contributed by atoms with Crippen molar-refractivity contribution in [3.63, 3.8) is 0 Å². The second kappa shape index (κ2) is 13.7. The topological polar surface area (TPSA) is 127 Å². The second-order valence-corrected chi connectivity index (χ2v) is 3.29. The molecule has 0 heterocycles. The van der Waals surface area contributed by atoms with E-state index in [9.17, 15) is 23.6 Å². The van der Waals surface area contributed by atoms with Crippen LogP contribution in [0.4, 0.5) is 4.39 Å². The third kappa shape index (κ3) is 18.8. The lowest BCUT2D eigenvalue weighted by atomic mass is 10.5. The van der Waals surface area contributed by atoms with Crippen LogP contribution in [0.3, 0.4) is 0 Å². The van der Waals surface area contributed by atoms with Crippen LogP contribution in [0.5, 0.6) is 0 Å². The van der Waals surface area contributed by atoms with Gasteiger partial charge in [-0.2, -0.15) is 4.39 Å². The van der Waals surface area contributed by atoms with Crippen molar-refractivity contribution in [3.05, 3.63) is 49.6 Å². The molecule has 0 amide bonds. The maximum Gasteiger partial charge on any atom is 0.333 e. The molecule has 126 valence electrons. The molecule has 0 bridgehead atoms. The Kier molecular flexibility index (Phi) is 13.2. The summed E-state index contributed by atoms with van der Waals surface area (Å²) in [6.45, 7) is 6.41. The highest BCUT2D eigenvalue weighted by Crippen LogP contribution is 1.95. The van der Waals surface area contributed by atoms with Crippen molar-refractivity contribution >= 4 is 23.9 Å². The first kappa shape index (κ1) is 22.1. The fourth-order valence-corrected chi connectivity index (χ4v) is 0.666. The predicted octanol–water partition coefficient (Wildman–Crippen LogP) is 1.01. The smallest absolute Gasteiger partial charge is 0.333 e. The first-order valence-electron chi connectivity index (χ1n) is 5.79. The minimum Gasteiger partial charge on any atom is -0.478 e. The molecule has 9 heteroatoms. The van der Waals surface area contributed by atoms with Crippen molar-refractivity contribution in [1.29, 1.82) is 0 Å². The van der Waals surface area contributed by atoms with Gasteiger partial charge in [0.1, 0.15) is 6.61 Å². The zero-order chi connectivity index (χ0) is 18.3. The van der Waals surface area contributed by atoms with Crippen LogP contribution < -0.4 is 0 Å². The van der Waals surface area contributed by atoms with Gasteiger partial charge in [0.15, 0.2) is 0 Å². The normalized spacial score (nSPS) is 11.0. The Morgan fingerprint density at radius 2 is 1.43 bits per heavy atom. The molecule has 8 nitrogen and oxygen atoms in total. The lowest BCUT2D eigenvalue weighted by Crippen LogP contribution is -2.08. The van der Waals surface area contributed by atoms with E-state index in [0.29, 0.717) is 18.2 Å². The Morgan fingerprint density at radius 1 is 0.957 bits per heavy atom. The van der Waals surface area contributed by atoms with Crippen LogP contribution in [-0.2, 0) is 28.7 Å². The molecule has 0 aromatic carbocycles. The SMILES string of the molecule is C=CC(F)OC(=O)/C=C/C(=O)O.C=CCOC(=O)/C=C/C(=O)O. The van der Waals surface area contributed by atoms with Crippen LogP contribution in [0.25, 0.3) is 0 Å². The van der Waals surface area contributed by atoms with Gasteiger partial charge in [-0.1, -0.05) is 19.2 Å². The summed E-state index contributed by atoms with van der Waals surface area (Å²) in [5.41, 5.74) is 0. The number of alkyl halides is 1. The average molecular weight is 330 g/mol. The fraction of sp³-hybridized carbons (Fsp3) is 0.143. The number of ether oxygens (including phenoxy) is 2. The first-order chi connectivity index (χ1) is 10.7. The zero-order valence-electron chi connectivity index (χ0n) is 11.9. The van der Waals surface area contributed by atoms with Crippen LogP contribution in [0, 0.1) is 0 Å². The minimum absolute atomic E-state index is 0.0861. The summed E-state index contributed by atoms with van der Waals surface area (Å²) in [5.74, 6) is -4.24. The van der Waals surface area contributed by atoms with Crippen LogP contribution in [0.15, 0.2) is 49.6 Å². The van der Waals surface area contributed by atoms with Crippen molar-refractivity contribution in [2.45, 2.75) is 6.36 Å². The molecule has 2 N–H and O–H groups in total. The average Bonchev–Trinajstić information content (AvgIpc) is 2.49. The van der Waals surface area contributed by atoms with Crippen molar-refractivity contribution in [1.82, 2.24) is 0 Å². The molecular formula is C14H15FO8. The molecule has 0 aliphatic heterocycles. The van der Waals surface area contributed by atoms with Gasteiger partial charge in [0.05, 0.1) is 0 Å². The second-order valence-electron chi connectivity index (χ2n) is 3.29. The quantitative estimate of drug-likeness (QED) is 0.383. The fourth-order valence-electron chi connectivity index (χ4n) is 0.666. The predicted molar refractivity (Wildman–Crippen MR) is 75.9 cm³/mol. The van der Waals surface area contributed by atoms with Crippen LogP contribution in [-0.4, -0.2) is 47.1 Å². The van der Waals surface area contributed by atoms with Crippen molar-refractivity contribution in [2.24, 2.45) is 0 Å². The van der Waals surface area contributed by atoms with E-state index in [2.05, 4.69) is 22.6 Å².